The number of carbonyl (C=O) groups is 2. The first kappa shape index (κ1) is 21.2. The third-order valence-electron chi connectivity index (χ3n) is 5.00. The summed E-state index contributed by atoms with van der Waals surface area (Å²) >= 11 is 0. The first-order valence-electron chi connectivity index (χ1n) is 10.1. The third kappa shape index (κ3) is 4.23. The lowest BCUT2D eigenvalue weighted by Crippen LogP contribution is -2.32. The van der Waals surface area contributed by atoms with Gasteiger partial charge in [0.2, 0.25) is 0 Å². The number of hydrogen-bond donors (Lipinski definition) is 1. The highest BCUT2D eigenvalue weighted by molar-refractivity contribution is 6.36. The molecule has 0 unspecified atom stereocenters. The fraction of sp³-hybridized carbons (Fsp3) is 0.120. The van der Waals surface area contributed by atoms with Crippen molar-refractivity contribution in [1.82, 2.24) is 4.90 Å². The number of imide groups is 1. The fourth-order valence-electron chi connectivity index (χ4n) is 3.50. The Balaban J connectivity index is 1.74. The van der Waals surface area contributed by atoms with Gasteiger partial charge in [0.05, 0.1) is 18.7 Å². The number of benzene rings is 3. The van der Waals surface area contributed by atoms with Crippen molar-refractivity contribution in [3.05, 3.63) is 101 Å². The maximum absolute atomic E-state index is 14.2. The van der Waals surface area contributed by atoms with Gasteiger partial charge in [-0.05, 0) is 48.9 Å². The Morgan fingerprint density at radius 3 is 2.34 bits per heavy atom. The molecule has 3 aromatic carbocycles. The highest BCUT2D eigenvalue weighted by Crippen LogP contribution is 2.32. The Bertz CT molecular complexity index is 1210. The highest BCUT2D eigenvalue weighted by Gasteiger charge is 2.39. The van der Waals surface area contributed by atoms with E-state index >= 15 is 0 Å². The highest BCUT2D eigenvalue weighted by atomic mass is 19.1. The number of nitrogens with one attached hydrogen (secondary N) is 1. The van der Waals surface area contributed by atoms with Crippen LogP contribution < -0.4 is 10.1 Å². The minimum Gasteiger partial charge on any atom is -0.494 e. The number of halogens is 2. The van der Waals surface area contributed by atoms with Crippen LogP contribution in [0, 0.1) is 11.6 Å². The van der Waals surface area contributed by atoms with Crippen molar-refractivity contribution in [2.45, 2.75) is 13.5 Å². The van der Waals surface area contributed by atoms with Gasteiger partial charge in [0.1, 0.15) is 23.1 Å². The SMILES string of the molecule is CCOc1ccc(C2=C(Nc3cccc(F)c3)C(=O)N(Cc3ccccc3F)C2=O)cc1. The van der Waals surface area contributed by atoms with Crippen molar-refractivity contribution in [2.24, 2.45) is 0 Å². The van der Waals surface area contributed by atoms with E-state index < -0.39 is 23.4 Å². The predicted molar refractivity (Wildman–Crippen MR) is 117 cm³/mol. The van der Waals surface area contributed by atoms with Crippen LogP contribution >= 0.6 is 0 Å². The second-order valence-corrected chi connectivity index (χ2v) is 7.13. The summed E-state index contributed by atoms with van der Waals surface area (Å²) in [5, 5.41) is 2.88. The van der Waals surface area contributed by atoms with Crippen molar-refractivity contribution < 1.29 is 23.1 Å². The van der Waals surface area contributed by atoms with Crippen molar-refractivity contribution in [2.75, 3.05) is 11.9 Å². The summed E-state index contributed by atoms with van der Waals surface area (Å²) in [5.74, 6) is -1.57. The number of nitrogens with zero attached hydrogens (tertiary/aromatic N) is 1. The molecule has 0 saturated carbocycles. The molecule has 4 rings (SSSR count). The van der Waals surface area contributed by atoms with E-state index in [9.17, 15) is 18.4 Å². The molecule has 0 spiro atoms. The lowest BCUT2D eigenvalue weighted by atomic mass is 10.0. The molecule has 1 aliphatic rings. The molecule has 0 aromatic heterocycles. The predicted octanol–water partition coefficient (Wildman–Crippen LogP) is 4.76. The quantitative estimate of drug-likeness (QED) is 0.545. The van der Waals surface area contributed by atoms with E-state index in [0.717, 1.165) is 4.90 Å². The largest absolute Gasteiger partial charge is 0.494 e. The first-order valence-corrected chi connectivity index (χ1v) is 10.1. The molecular formula is C25H20F2N2O3. The summed E-state index contributed by atoms with van der Waals surface area (Å²) in [6.07, 6.45) is 0. The molecule has 1 aliphatic heterocycles. The molecule has 2 amide bonds. The van der Waals surface area contributed by atoms with Crippen LogP contribution in [0.3, 0.4) is 0 Å². The van der Waals surface area contributed by atoms with Crippen LogP contribution in [0.15, 0.2) is 78.5 Å². The average molecular weight is 434 g/mol. The number of rotatable bonds is 7. The van der Waals surface area contributed by atoms with E-state index in [1.54, 1.807) is 36.4 Å². The lowest BCUT2D eigenvalue weighted by Gasteiger charge is -2.16. The molecule has 0 aliphatic carbocycles. The van der Waals surface area contributed by atoms with Crippen molar-refractivity contribution in [1.29, 1.82) is 0 Å². The molecule has 1 heterocycles. The van der Waals surface area contributed by atoms with Crippen LogP contribution in [0.5, 0.6) is 5.75 Å². The van der Waals surface area contributed by atoms with Gasteiger partial charge in [-0.25, -0.2) is 8.78 Å². The smallest absolute Gasteiger partial charge is 0.278 e. The molecular weight excluding hydrogens is 414 g/mol. The zero-order chi connectivity index (χ0) is 22.7. The number of hydrogen-bond acceptors (Lipinski definition) is 4. The summed E-state index contributed by atoms with van der Waals surface area (Å²) in [4.78, 5) is 27.5. The molecule has 0 fully saturated rings. The van der Waals surface area contributed by atoms with E-state index in [1.165, 1.54) is 36.4 Å². The Hall–Kier alpha value is -4.00. The standard InChI is InChI=1S/C25H20F2N2O3/c1-2-32-20-12-10-16(11-13-20)22-23(28-19-8-5-7-18(26)14-19)25(31)29(24(22)30)15-17-6-3-4-9-21(17)27/h3-14,28H,2,15H2,1H3. The molecule has 162 valence electrons. The van der Waals surface area contributed by atoms with Gasteiger partial charge in [-0.3, -0.25) is 14.5 Å². The van der Waals surface area contributed by atoms with Gasteiger partial charge >= 0.3 is 0 Å². The maximum atomic E-state index is 14.2. The second-order valence-electron chi connectivity index (χ2n) is 7.13. The molecule has 1 N–H and O–H groups in total. The number of anilines is 1. The zero-order valence-electron chi connectivity index (χ0n) is 17.3. The van der Waals surface area contributed by atoms with Crippen molar-refractivity contribution in [3.8, 4) is 5.75 Å². The normalized spacial score (nSPS) is 13.7. The van der Waals surface area contributed by atoms with E-state index in [0.29, 0.717) is 23.6 Å². The Labute approximate surface area is 183 Å². The van der Waals surface area contributed by atoms with Crippen LogP contribution in [-0.4, -0.2) is 23.3 Å². The molecule has 0 saturated heterocycles. The van der Waals surface area contributed by atoms with Gasteiger partial charge in [-0.1, -0.05) is 36.4 Å². The van der Waals surface area contributed by atoms with E-state index in [-0.39, 0.29) is 23.4 Å². The monoisotopic (exact) mass is 434 g/mol. The first-order chi connectivity index (χ1) is 15.5. The topological polar surface area (TPSA) is 58.6 Å². The van der Waals surface area contributed by atoms with Crippen molar-refractivity contribution >= 4 is 23.1 Å². The molecule has 7 heteroatoms. The Kier molecular flexibility index (Phi) is 5.98. The summed E-state index contributed by atoms with van der Waals surface area (Å²) in [5.41, 5.74) is 1.14. The average Bonchev–Trinajstić information content (AvgIpc) is 3.00. The van der Waals surface area contributed by atoms with Crippen LogP contribution in [0.4, 0.5) is 14.5 Å². The third-order valence-corrected chi connectivity index (χ3v) is 5.00. The maximum Gasteiger partial charge on any atom is 0.278 e. The minimum atomic E-state index is -0.619. The summed E-state index contributed by atoms with van der Waals surface area (Å²) in [6.45, 7) is 2.12. The lowest BCUT2D eigenvalue weighted by molar-refractivity contribution is -0.137. The summed E-state index contributed by atoms with van der Waals surface area (Å²) < 4.78 is 33.3. The van der Waals surface area contributed by atoms with Gasteiger partial charge < -0.3 is 10.1 Å². The Morgan fingerprint density at radius 2 is 1.66 bits per heavy atom. The van der Waals surface area contributed by atoms with Gasteiger partial charge in [-0.2, -0.15) is 0 Å². The molecule has 0 radical (unpaired) electrons. The van der Waals surface area contributed by atoms with Crippen LogP contribution in [0.1, 0.15) is 18.1 Å². The van der Waals surface area contributed by atoms with E-state index in [1.807, 2.05) is 6.92 Å². The minimum absolute atomic E-state index is 0.00102. The van der Waals surface area contributed by atoms with Gasteiger partial charge in [0.25, 0.3) is 11.8 Å². The summed E-state index contributed by atoms with van der Waals surface area (Å²) in [6, 6.07) is 18.3. The van der Waals surface area contributed by atoms with Gasteiger partial charge in [0, 0.05) is 11.3 Å². The molecule has 0 bridgehead atoms. The number of ether oxygens (including phenoxy) is 1. The van der Waals surface area contributed by atoms with Crippen LogP contribution in [0.25, 0.3) is 5.57 Å². The van der Waals surface area contributed by atoms with Crippen molar-refractivity contribution in [3.63, 3.8) is 0 Å². The van der Waals surface area contributed by atoms with Crippen LogP contribution in [0.2, 0.25) is 0 Å². The second kappa shape index (κ2) is 9.01. The molecule has 32 heavy (non-hydrogen) atoms. The van der Waals surface area contributed by atoms with Crippen LogP contribution in [-0.2, 0) is 16.1 Å². The number of amides is 2. The van der Waals surface area contributed by atoms with Gasteiger partial charge in [-0.15, -0.1) is 0 Å². The molecule has 0 atom stereocenters. The molecule has 5 nitrogen and oxygen atoms in total. The molecule has 3 aromatic rings. The summed E-state index contributed by atoms with van der Waals surface area (Å²) in [7, 11) is 0. The number of carbonyl (C=O) groups excluding carboxylic acids is 2. The van der Waals surface area contributed by atoms with E-state index in [2.05, 4.69) is 5.32 Å². The van der Waals surface area contributed by atoms with E-state index in [4.69, 9.17) is 4.74 Å². The van der Waals surface area contributed by atoms with Gasteiger partial charge in [0.15, 0.2) is 0 Å². The Morgan fingerprint density at radius 1 is 0.906 bits per heavy atom. The fourth-order valence-corrected chi connectivity index (χ4v) is 3.50. The zero-order valence-corrected chi connectivity index (χ0v) is 17.3.